The summed E-state index contributed by atoms with van der Waals surface area (Å²) in [5.74, 6) is -2.22. The van der Waals surface area contributed by atoms with Gasteiger partial charge in [0.1, 0.15) is 16.7 Å². The van der Waals surface area contributed by atoms with Crippen molar-refractivity contribution in [1.82, 2.24) is 4.98 Å². The van der Waals surface area contributed by atoms with Crippen molar-refractivity contribution in [2.75, 3.05) is 26.1 Å². The number of esters is 1. The predicted octanol–water partition coefficient (Wildman–Crippen LogP) is 3.62. The number of hydrogen-bond acceptors (Lipinski definition) is 9. The normalized spacial score (nSPS) is 10.9. The molecule has 0 saturated carbocycles. The number of methoxy groups -OCH3 is 3. The predicted molar refractivity (Wildman–Crippen MR) is 130 cm³/mol. The third-order valence-corrected chi connectivity index (χ3v) is 6.96. The Balaban J connectivity index is 2.21. The van der Waals surface area contributed by atoms with Crippen molar-refractivity contribution in [1.29, 1.82) is 5.26 Å². The van der Waals surface area contributed by atoms with Gasteiger partial charge in [-0.25, -0.2) is 22.6 Å². The molecule has 0 bridgehead atoms. The number of pyridine rings is 1. The van der Waals surface area contributed by atoms with E-state index in [1.54, 1.807) is 0 Å². The molecule has 0 aliphatic carbocycles. The zero-order valence-electron chi connectivity index (χ0n) is 19.1. The molecule has 2 aromatic carbocycles. The van der Waals surface area contributed by atoms with Crippen LogP contribution >= 0.6 is 15.9 Å². The first-order valence-electron chi connectivity index (χ1n) is 9.96. The average Bonchev–Trinajstić information content (AvgIpc) is 2.86. The molecular weight excluding hydrogens is 561 g/mol. The summed E-state index contributed by atoms with van der Waals surface area (Å²) in [6, 6.07) is 7.93. The Bertz CT molecular complexity index is 1490. The zero-order chi connectivity index (χ0) is 26.6. The highest BCUT2D eigenvalue weighted by atomic mass is 79.9. The number of anilines is 1. The highest BCUT2D eigenvalue weighted by Crippen LogP contribution is 2.39. The number of aliphatic hydroxyl groups excluding tert-OH is 1. The van der Waals surface area contributed by atoms with Crippen LogP contribution in [0, 0.1) is 17.1 Å². The summed E-state index contributed by atoms with van der Waals surface area (Å²) < 4.78 is 59.2. The Hall–Kier alpha value is -3.73. The summed E-state index contributed by atoms with van der Waals surface area (Å²) in [4.78, 5) is 15.5. The molecule has 3 aromatic rings. The van der Waals surface area contributed by atoms with Crippen LogP contribution < -0.4 is 14.2 Å². The lowest BCUT2D eigenvalue weighted by Gasteiger charge is -2.17. The maximum atomic E-state index is 15.0. The molecule has 188 valence electrons. The molecule has 2 N–H and O–H groups in total. The van der Waals surface area contributed by atoms with Gasteiger partial charge in [0.05, 0.1) is 43.7 Å². The number of rotatable bonds is 8. The van der Waals surface area contributed by atoms with Crippen LogP contribution in [0.4, 0.5) is 10.1 Å². The van der Waals surface area contributed by atoms with Crippen molar-refractivity contribution >= 4 is 37.6 Å². The molecule has 10 nitrogen and oxygen atoms in total. The van der Waals surface area contributed by atoms with E-state index in [0.717, 1.165) is 26.4 Å². The number of aromatic nitrogens is 1. The Labute approximate surface area is 214 Å². The number of aliphatic hydroxyl groups is 1. The van der Waals surface area contributed by atoms with Gasteiger partial charge in [0.25, 0.3) is 10.0 Å². The molecule has 3 rings (SSSR count). The van der Waals surface area contributed by atoms with Gasteiger partial charge in [-0.3, -0.25) is 4.72 Å². The van der Waals surface area contributed by atoms with Crippen molar-refractivity contribution < 1.29 is 36.9 Å². The van der Waals surface area contributed by atoms with Crippen molar-refractivity contribution in [2.24, 2.45) is 0 Å². The Morgan fingerprint density at radius 1 is 1.17 bits per heavy atom. The molecule has 36 heavy (non-hydrogen) atoms. The van der Waals surface area contributed by atoms with E-state index >= 15 is 4.39 Å². The number of benzene rings is 2. The first-order valence-corrected chi connectivity index (χ1v) is 12.2. The number of sulfonamides is 1. The lowest BCUT2D eigenvalue weighted by molar-refractivity contribution is 0.0600. The van der Waals surface area contributed by atoms with Gasteiger partial charge in [0.15, 0.2) is 17.3 Å². The largest absolute Gasteiger partial charge is 0.494 e. The number of halogens is 2. The Kier molecular flexibility index (Phi) is 8.13. The molecule has 1 heterocycles. The third-order valence-electron chi connectivity index (χ3n) is 5.00. The lowest BCUT2D eigenvalue weighted by Crippen LogP contribution is -2.16. The summed E-state index contributed by atoms with van der Waals surface area (Å²) in [6.45, 7) is -0.464. The quantitative estimate of drug-likeness (QED) is 0.381. The van der Waals surface area contributed by atoms with E-state index in [-0.39, 0.29) is 43.9 Å². The molecular formula is C23H19BrFN3O7S. The van der Waals surface area contributed by atoms with Gasteiger partial charge >= 0.3 is 5.97 Å². The maximum absolute atomic E-state index is 15.0. The van der Waals surface area contributed by atoms with Gasteiger partial charge in [-0.2, -0.15) is 5.26 Å². The molecule has 0 unspecified atom stereocenters. The first kappa shape index (κ1) is 26.9. The molecule has 0 aliphatic rings. The van der Waals surface area contributed by atoms with Crippen LogP contribution in [0.15, 0.2) is 45.9 Å². The monoisotopic (exact) mass is 579 g/mol. The van der Waals surface area contributed by atoms with E-state index in [9.17, 15) is 23.6 Å². The minimum atomic E-state index is -4.49. The molecule has 13 heteroatoms. The summed E-state index contributed by atoms with van der Waals surface area (Å²) in [7, 11) is -0.953. The Morgan fingerprint density at radius 2 is 1.86 bits per heavy atom. The van der Waals surface area contributed by atoms with Crippen molar-refractivity contribution in [2.45, 2.75) is 11.5 Å². The number of carbonyl (C=O) groups excluding carboxylic acids is 1. The second-order valence-electron chi connectivity index (χ2n) is 7.12. The average molecular weight is 580 g/mol. The molecule has 0 aliphatic heterocycles. The second kappa shape index (κ2) is 10.9. The third kappa shape index (κ3) is 5.25. The number of carbonyl (C=O) groups is 1. The maximum Gasteiger partial charge on any atom is 0.337 e. The van der Waals surface area contributed by atoms with Crippen LogP contribution in [0.3, 0.4) is 0 Å². The van der Waals surface area contributed by atoms with E-state index in [2.05, 4.69) is 30.4 Å². The highest BCUT2D eigenvalue weighted by Gasteiger charge is 2.27. The van der Waals surface area contributed by atoms with Crippen molar-refractivity contribution in [3.8, 4) is 28.7 Å². The summed E-state index contributed by atoms with van der Waals surface area (Å²) >= 11 is 3.18. The molecule has 1 aromatic heterocycles. The van der Waals surface area contributed by atoms with Gasteiger partial charge in [-0.05, 0) is 57.4 Å². The summed E-state index contributed by atoms with van der Waals surface area (Å²) in [5, 5.41) is 18.9. The molecule has 0 spiro atoms. The number of hydrogen-bond donors (Lipinski definition) is 2. The second-order valence-corrected chi connectivity index (χ2v) is 9.63. The van der Waals surface area contributed by atoms with Crippen molar-refractivity contribution in [3.63, 3.8) is 0 Å². The van der Waals surface area contributed by atoms with Crippen LogP contribution in [0.2, 0.25) is 0 Å². The molecule has 0 fully saturated rings. The Morgan fingerprint density at radius 3 is 2.44 bits per heavy atom. The minimum Gasteiger partial charge on any atom is -0.494 e. The molecule has 0 saturated heterocycles. The smallest absolute Gasteiger partial charge is 0.337 e. The van der Waals surface area contributed by atoms with Gasteiger partial charge in [0.2, 0.25) is 0 Å². The zero-order valence-corrected chi connectivity index (χ0v) is 21.5. The number of ether oxygens (including phenoxy) is 3. The van der Waals surface area contributed by atoms with E-state index in [1.165, 1.54) is 31.5 Å². The molecule has 0 atom stereocenters. The molecule has 0 amide bonds. The fraction of sp³-hybridized carbons (Fsp3) is 0.174. The van der Waals surface area contributed by atoms with E-state index < -0.39 is 39.1 Å². The topological polar surface area (TPSA) is 148 Å². The van der Waals surface area contributed by atoms with E-state index in [4.69, 9.17) is 9.47 Å². The van der Waals surface area contributed by atoms with Gasteiger partial charge in [0, 0.05) is 11.8 Å². The van der Waals surface area contributed by atoms with Crippen LogP contribution in [0.25, 0.3) is 11.1 Å². The number of nitriles is 1. The SMILES string of the molecule is COC(=O)c1cc(Br)c(OC)c(S(=O)(=O)Nc2cc(-c3cc(C#N)ncc3CO)cc(F)c2OC)c1. The fourth-order valence-electron chi connectivity index (χ4n) is 3.37. The molecule has 0 radical (unpaired) electrons. The number of nitrogens with one attached hydrogen (secondary N) is 1. The summed E-state index contributed by atoms with van der Waals surface area (Å²) in [6.07, 6.45) is 1.26. The van der Waals surface area contributed by atoms with Crippen LogP contribution in [-0.2, 0) is 21.4 Å². The van der Waals surface area contributed by atoms with Crippen LogP contribution in [-0.4, -0.2) is 45.8 Å². The first-order chi connectivity index (χ1) is 17.1. The van der Waals surface area contributed by atoms with Gasteiger partial charge in [-0.15, -0.1) is 0 Å². The standard InChI is InChI=1S/C23H19BrFN3O7S/c1-33-21-17(24)4-13(23(30)35-3)7-20(21)36(31,32)28-19-6-12(5-18(25)22(19)34-2)16-8-15(9-26)27-10-14(16)11-29/h4-8,10,28-29H,11H2,1-3H3. The number of nitrogens with zero attached hydrogens (tertiary/aromatic N) is 2. The van der Waals surface area contributed by atoms with Gasteiger partial charge in [-0.1, -0.05) is 0 Å². The van der Waals surface area contributed by atoms with E-state index in [0.29, 0.717) is 0 Å². The van der Waals surface area contributed by atoms with Gasteiger partial charge < -0.3 is 19.3 Å². The summed E-state index contributed by atoms with van der Waals surface area (Å²) in [5.41, 5.74) is 0.335. The lowest BCUT2D eigenvalue weighted by atomic mass is 10.00. The van der Waals surface area contributed by atoms with Crippen molar-refractivity contribution in [3.05, 3.63) is 63.6 Å². The van der Waals surface area contributed by atoms with Crippen LogP contribution in [0.1, 0.15) is 21.6 Å². The minimum absolute atomic E-state index is 0.00905. The van der Waals surface area contributed by atoms with Crippen LogP contribution in [0.5, 0.6) is 11.5 Å². The van der Waals surface area contributed by atoms with E-state index in [1.807, 2.05) is 6.07 Å². The fourth-order valence-corrected chi connectivity index (χ4v) is 5.40. The highest BCUT2D eigenvalue weighted by molar-refractivity contribution is 9.10.